The van der Waals surface area contributed by atoms with Crippen molar-refractivity contribution in [2.24, 2.45) is 0 Å². The Morgan fingerprint density at radius 2 is 0.830 bits per heavy atom. The zero-order chi connectivity index (χ0) is 38.4. The number of nitrogens with zero attached hydrogens (tertiary/aromatic N) is 2. The summed E-state index contributed by atoms with van der Waals surface area (Å²) in [7, 11) is 9.40. The molecule has 0 aliphatic carbocycles. The predicted molar refractivity (Wildman–Crippen MR) is 232 cm³/mol. The molecule has 0 amide bonds. The van der Waals surface area contributed by atoms with Crippen molar-refractivity contribution in [2.75, 3.05) is 0 Å². The predicted octanol–water partition coefficient (Wildman–Crippen LogP) is 17.1. The van der Waals surface area contributed by atoms with Crippen molar-refractivity contribution in [3.63, 3.8) is 0 Å². The molecule has 3 rings (SSSR count). The first-order valence-electron chi connectivity index (χ1n) is 21.3. The monoisotopic (exact) mass is 804 g/mol. The molecule has 0 N–H and O–H groups in total. The van der Waals surface area contributed by atoms with Crippen LogP contribution < -0.4 is 0 Å². The summed E-state index contributed by atoms with van der Waals surface area (Å²) in [5, 5.41) is 0. The minimum atomic E-state index is 0.569. The van der Waals surface area contributed by atoms with E-state index in [1.165, 1.54) is 136 Å². The molecule has 298 valence electrons. The molecule has 2 aromatic rings. The number of hydrogen-bond donors (Lipinski definition) is 0. The van der Waals surface area contributed by atoms with Crippen LogP contribution in [0.1, 0.15) is 191 Å². The fraction of sp³-hybridized carbons (Fsp3) is 0.583. The molecule has 0 bridgehead atoms. The number of hydrogen-bond acceptors (Lipinski definition) is 0. The van der Waals surface area contributed by atoms with E-state index in [2.05, 4.69) is 101 Å². The van der Waals surface area contributed by atoms with Gasteiger partial charge in [-0.2, -0.15) is 0 Å². The second-order valence-electron chi connectivity index (χ2n) is 14.7. The molecule has 53 heavy (non-hydrogen) atoms. The summed E-state index contributed by atoms with van der Waals surface area (Å²) >= 11 is 0.569. The van der Waals surface area contributed by atoms with Crippen molar-refractivity contribution < 1.29 is 17.4 Å². The van der Waals surface area contributed by atoms with Crippen LogP contribution in [-0.4, -0.2) is 4.70 Å². The normalized spacial score (nSPS) is 13.3. The van der Waals surface area contributed by atoms with Gasteiger partial charge >= 0.3 is 33.0 Å². The summed E-state index contributed by atoms with van der Waals surface area (Å²) in [6.07, 6.45) is 38.4. The first kappa shape index (κ1) is 47.2. The topological polar surface area (TPSA) is 25.3 Å². The summed E-state index contributed by atoms with van der Waals surface area (Å²) in [5.41, 5.74) is 22.4. The number of rotatable bonds is 28. The van der Waals surface area contributed by atoms with E-state index < -0.39 is 0 Å². The molecule has 0 spiro atoms. The third kappa shape index (κ3) is 18.0. The molecular formula is C48H72Cl2N2Ni. The van der Waals surface area contributed by atoms with Crippen LogP contribution in [0.2, 0.25) is 0 Å². The number of unbranched alkanes of at least 4 members (excludes halogenated alkanes) is 14. The Bertz CT molecular complexity index is 1410. The van der Waals surface area contributed by atoms with Gasteiger partial charge in [0.25, 0.3) is 0 Å². The maximum absolute atomic E-state index is 12.4. The van der Waals surface area contributed by atoms with E-state index in [1.807, 2.05) is 0 Å². The Hall–Kier alpha value is -1.93. The first-order valence-corrected chi connectivity index (χ1v) is 24.1. The van der Waals surface area contributed by atoms with Gasteiger partial charge in [-0.25, -0.2) is 4.70 Å². The number of benzene rings is 2. The molecule has 1 aliphatic rings. The molecule has 1 aliphatic heterocycles. The maximum atomic E-state index is 12.4. The van der Waals surface area contributed by atoms with Crippen LogP contribution in [0, 0.1) is 0 Å². The molecule has 2 nitrogen and oxygen atoms in total. The van der Waals surface area contributed by atoms with Crippen LogP contribution in [0.15, 0.2) is 84.0 Å². The molecule has 0 saturated heterocycles. The van der Waals surface area contributed by atoms with Crippen LogP contribution in [0.4, 0.5) is 0 Å². The van der Waals surface area contributed by atoms with Gasteiger partial charge in [0.15, 0.2) is 0 Å². The Morgan fingerprint density at radius 3 is 1.28 bits per heavy atom. The van der Waals surface area contributed by atoms with Gasteiger partial charge in [-0.15, -0.1) is 0 Å². The average molecular weight is 807 g/mol. The van der Waals surface area contributed by atoms with Gasteiger partial charge in [-0.1, -0.05) is 165 Å². The fourth-order valence-electron chi connectivity index (χ4n) is 7.45. The van der Waals surface area contributed by atoms with E-state index in [4.69, 9.17) is 20.4 Å². The molecule has 1 heterocycles. The Kier molecular flexibility index (Phi) is 27.9. The van der Waals surface area contributed by atoms with Crippen molar-refractivity contribution in [3.8, 4) is 0 Å². The zero-order valence-corrected chi connectivity index (χ0v) is 36.4. The number of halogens is 2. The third-order valence-corrected chi connectivity index (χ3v) is 10.4. The number of aryl methyl sites for hydroxylation is 2. The van der Waals surface area contributed by atoms with Gasteiger partial charge < -0.3 is 5.53 Å². The van der Waals surface area contributed by atoms with Crippen molar-refractivity contribution >= 4 is 31.8 Å². The Balaban J connectivity index is 0.00000313. The molecule has 0 atom stereocenters. The van der Waals surface area contributed by atoms with E-state index in [1.54, 1.807) is 4.70 Å². The van der Waals surface area contributed by atoms with Crippen LogP contribution >= 0.6 is 20.4 Å². The molecule has 0 radical (unpaired) electrons. The van der Waals surface area contributed by atoms with E-state index in [0.29, 0.717) is 12.7 Å². The third-order valence-electron chi connectivity index (χ3n) is 10.4. The molecule has 0 unspecified atom stereocenters. The summed E-state index contributed by atoms with van der Waals surface area (Å²) in [6.45, 7) is 9.14. The van der Waals surface area contributed by atoms with Crippen molar-refractivity contribution in [3.05, 3.63) is 112 Å². The molecular weight excluding hydrogens is 734 g/mol. The van der Waals surface area contributed by atoms with E-state index in [9.17, 15) is 5.53 Å². The quantitative estimate of drug-likeness (QED) is 0.0354. The molecule has 0 saturated carbocycles. The van der Waals surface area contributed by atoms with Crippen LogP contribution in [0.25, 0.3) is 16.9 Å². The minimum absolute atomic E-state index is 0.569. The van der Waals surface area contributed by atoms with Crippen molar-refractivity contribution in [1.29, 1.82) is 0 Å². The summed E-state index contributed by atoms with van der Waals surface area (Å²) < 4.78 is 1.63. The zero-order valence-electron chi connectivity index (χ0n) is 33.9. The first-order chi connectivity index (χ1) is 26.1. The van der Waals surface area contributed by atoms with Gasteiger partial charge in [-0.3, -0.25) is 0 Å². The fourth-order valence-corrected chi connectivity index (χ4v) is 7.45. The molecule has 2 aromatic carbocycles. The molecule has 0 fully saturated rings. The Morgan fingerprint density at radius 1 is 0.472 bits per heavy atom. The van der Waals surface area contributed by atoms with Crippen molar-refractivity contribution in [2.45, 2.75) is 182 Å². The van der Waals surface area contributed by atoms with Gasteiger partial charge in [0.1, 0.15) is 0 Å². The van der Waals surface area contributed by atoms with Crippen molar-refractivity contribution in [1.82, 2.24) is 0 Å². The van der Waals surface area contributed by atoms with Gasteiger partial charge in [0.05, 0.1) is 0 Å². The number of allylic oxidation sites excluding steroid dienone is 6. The molecule has 0 aromatic heterocycles. The Labute approximate surface area is 340 Å². The second kappa shape index (κ2) is 31.3. The second-order valence-corrected chi connectivity index (χ2v) is 16.3. The van der Waals surface area contributed by atoms with E-state index >= 15 is 0 Å². The van der Waals surface area contributed by atoms with E-state index in [0.717, 1.165) is 62.8 Å². The van der Waals surface area contributed by atoms with E-state index in [-0.39, 0.29) is 0 Å². The summed E-state index contributed by atoms with van der Waals surface area (Å²) in [6, 6.07) is 17.8. The van der Waals surface area contributed by atoms with Crippen LogP contribution in [0.5, 0.6) is 0 Å². The average Bonchev–Trinajstić information content (AvgIpc) is 3.44. The van der Waals surface area contributed by atoms with Crippen LogP contribution in [-0.2, 0) is 25.5 Å². The van der Waals surface area contributed by atoms with Crippen LogP contribution in [0.3, 0.4) is 0 Å². The summed E-state index contributed by atoms with van der Waals surface area (Å²) in [5.74, 6) is 0. The molecule has 5 heteroatoms. The van der Waals surface area contributed by atoms with Gasteiger partial charge in [0.2, 0.25) is 11.4 Å². The SMILES string of the molecule is CCCCCCC=CCCc1ccccc1C1=C(CCCC)C(CCCCCCCC)=C(c2ccccc2CCC=CCCCCCC)[N+]1=[N-].[Cl][Ni][Cl]. The standard InChI is InChI=1S/C48H72N2.2ClH.Ni/c1-5-9-13-16-19-21-23-26-33-41-35-29-31-38-43(41)47-45(37-12-8-4)46(40-28-25-18-15-11-7-3)48(50(47)49)44-39-32-30-36-42(44)34-27-24-22-20-17-14-10-6-2;;;/h21-24,29-32,35-36,38-39H,5-20,25-28,33-34,37,40H2,1-4H3;2*1H;/q;;;+2/p-2. The summed E-state index contributed by atoms with van der Waals surface area (Å²) in [4.78, 5) is 0. The van der Waals surface area contributed by atoms with Gasteiger partial charge in [-0.05, 0) is 100 Å². The van der Waals surface area contributed by atoms with Gasteiger partial charge in [0, 0.05) is 22.3 Å².